The quantitative estimate of drug-likeness (QED) is 0.139. The van der Waals surface area contributed by atoms with E-state index in [4.69, 9.17) is 4.42 Å². The van der Waals surface area contributed by atoms with Gasteiger partial charge in [0.05, 0.1) is 0 Å². The molecule has 0 N–H and O–H groups in total. The molecule has 1 heterocycles. The van der Waals surface area contributed by atoms with Gasteiger partial charge in [0.15, 0.2) is 0 Å². The summed E-state index contributed by atoms with van der Waals surface area (Å²) in [4.78, 5) is 0. The summed E-state index contributed by atoms with van der Waals surface area (Å²) in [6, 6.07) is 90.7. The predicted octanol–water partition coefficient (Wildman–Crippen LogP) is 17.4. The van der Waals surface area contributed by atoms with E-state index in [1.165, 1.54) is 93.9 Å². The summed E-state index contributed by atoms with van der Waals surface area (Å²) in [5.74, 6) is -0.0110. The Morgan fingerprint density at radius 2 is 0.656 bits per heavy atom. The minimum Gasteiger partial charge on any atom is -0.456 e. The fourth-order valence-electron chi connectivity index (χ4n) is 9.95. The van der Waals surface area contributed by atoms with Crippen molar-refractivity contribution in [3.63, 3.8) is 0 Å². The third kappa shape index (κ3) is 6.67. The molecule has 0 amide bonds. The predicted molar refractivity (Wildman–Crippen MR) is 270 cm³/mol. The number of rotatable bonds is 8. The molecule has 300 valence electrons. The van der Waals surface area contributed by atoms with Crippen LogP contribution < -0.4 is 0 Å². The van der Waals surface area contributed by atoms with Crippen molar-refractivity contribution in [1.29, 1.82) is 0 Å². The molecule has 0 atom stereocenters. The topological polar surface area (TPSA) is 13.1 Å². The molecule has 0 spiro atoms. The van der Waals surface area contributed by atoms with Crippen LogP contribution in [0.3, 0.4) is 0 Å². The average Bonchev–Trinajstić information content (AvgIpc) is 3.75. The maximum atomic E-state index is 6.21. The van der Waals surface area contributed by atoms with E-state index >= 15 is 0 Å². The van der Waals surface area contributed by atoms with Gasteiger partial charge in [0, 0.05) is 16.7 Å². The first-order valence-electron chi connectivity index (χ1n) is 22.1. The van der Waals surface area contributed by atoms with Gasteiger partial charge < -0.3 is 4.42 Å². The van der Waals surface area contributed by atoms with E-state index in [2.05, 4.69) is 237 Å². The molecular formula is C63H42O. The van der Waals surface area contributed by atoms with Crippen molar-refractivity contribution in [2.24, 2.45) is 0 Å². The van der Waals surface area contributed by atoms with Crippen LogP contribution in [-0.4, -0.2) is 0 Å². The molecule has 0 radical (unpaired) electrons. The van der Waals surface area contributed by atoms with E-state index in [-0.39, 0.29) is 5.92 Å². The second kappa shape index (κ2) is 15.9. The third-order valence-corrected chi connectivity index (χ3v) is 13.1. The lowest BCUT2D eigenvalue weighted by Gasteiger charge is -2.21. The van der Waals surface area contributed by atoms with Gasteiger partial charge in [-0.1, -0.05) is 231 Å². The molecule has 0 aliphatic rings. The molecule has 0 unspecified atom stereocenters. The van der Waals surface area contributed by atoms with E-state index in [0.29, 0.717) is 0 Å². The zero-order valence-electron chi connectivity index (χ0n) is 35.2. The fraction of sp³-hybridized carbons (Fsp3) is 0.0159. The van der Waals surface area contributed by atoms with Crippen LogP contribution in [0.5, 0.6) is 0 Å². The Kier molecular flexibility index (Phi) is 9.31. The van der Waals surface area contributed by atoms with Crippen molar-refractivity contribution in [3.05, 3.63) is 265 Å². The Balaban J connectivity index is 0.963. The Hall–Kier alpha value is -8.26. The normalized spacial score (nSPS) is 11.6. The molecule has 0 aliphatic heterocycles. The van der Waals surface area contributed by atoms with Crippen LogP contribution in [0, 0.1) is 0 Å². The van der Waals surface area contributed by atoms with Gasteiger partial charge in [0.1, 0.15) is 11.2 Å². The zero-order valence-corrected chi connectivity index (χ0v) is 35.2. The Labute approximate surface area is 373 Å². The molecule has 12 aromatic rings. The molecule has 1 nitrogen and oxygen atoms in total. The molecule has 1 aromatic heterocycles. The first-order chi connectivity index (χ1) is 31.7. The van der Waals surface area contributed by atoms with Crippen molar-refractivity contribution in [2.75, 3.05) is 0 Å². The number of furan rings is 1. The summed E-state index contributed by atoms with van der Waals surface area (Å²) in [5, 5.41) is 7.29. The van der Waals surface area contributed by atoms with Gasteiger partial charge in [-0.05, 0) is 112 Å². The molecule has 11 aromatic carbocycles. The summed E-state index contributed by atoms with van der Waals surface area (Å²) < 4.78 is 6.21. The molecule has 0 aliphatic carbocycles. The second-order valence-corrected chi connectivity index (χ2v) is 16.8. The largest absolute Gasteiger partial charge is 0.456 e. The monoisotopic (exact) mass is 814 g/mol. The van der Waals surface area contributed by atoms with Gasteiger partial charge in [0.25, 0.3) is 0 Å². The number of para-hydroxylation sites is 1. The molecule has 0 saturated carbocycles. The van der Waals surface area contributed by atoms with Crippen LogP contribution >= 0.6 is 0 Å². The minimum atomic E-state index is -0.0110. The highest BCUT2D eigenvalue weighted by Crippen LogP contribution is 2.42. The number of fused-ring (bicyclic) bond motifs is 5. The average molecular weight is 815 g/mol. The van der Waals surface area contributed by atoms with E-state index in [9.17, 15) is 0 Å². The van der Waals surface area contributed by atoms with Crippen molar-refractivity contribution in [2.45, 2.75) is 5.92 Å². The van der Waals surface area contributed by atoms with Gasteiger partial charge in [-0.15, -0.1) is 0 Å². The summed E-state index contributed by atoms with van der Waals surface area (Å²) in [6.07, 6.45) is 0. The van der Waals surface area contributed by atoms with Crippen LogP contribution in [-0.2, 0) is 0 Å². The number of hydrogen-bond donors (Lipinski definition) is 0. The zero-order chi connectivity index (χ0) is 42.4. The fourth-order valence-corrected chi connectivity index (χ4v) is 9.95. The van der Waals surface area contributed by atoms with Crippen molar-refractivity contribution >= 4 is 43.5 Å². The molecule has 1 heteroatoms. The molecule has 64 heavy (non-hydrogen) atoms. The standard InChI is InChI=1S/C63H42O/c1-3-20-51-42(14-1)16-12-27-57(51)55-24-7-5-22-53(55)44-30-34-46(35-31-44)63(50-19-11-18-48(40-50)49-38-39-62-60(41-49)59-26-9-10-29-61(59)64-62)47-36-32-45(33-37-47)54-23-6-8-25-56(54)58-28-13-17-43-15-2-4-21-52(43)58/h1-41,63H. The first-order valence-corrected chi connectivity index (χ1v) is 22.1. The van der Waals surface area contributed by atoms with Crippen LogP contribution in [0.4, 0.5) is 0 Å². The Morgan fingerprint density at radius 1 is 0.234 bits per heavy atom. The van der Waals surface area contributed by atoms with Crippen LogP contribution in [0.25, 0.3) is 99.1 Å². The van der Waals surface area contributed by atoms with Crippen molar-refractivity contribution in [1.82, 2.24) is 0 Å². The van der Waals surface area contributed by atoms with Gasteiger partial charge >= 0.3 is 0 Å². The smallest absolute Gasteiger partial charge is 0.135 e. The van der Waals surface area contributed by atoms with Crippen molar-refractivity contribution < 1.29 is 4.42 Å². The second-order valence-electron chi connectivity index (χ2n) is 16.8. The van der Waals surface area contributed by atoms with E-state index in [1.54, 1.807) is 0 Å². The number of benzene rings is 11. The molecule has 0 saturated heterocycles. The lowest BCUT2D eigenvalue weighted by atomic mass is 9.82. The summed E-state index contributed by atoms with van der Waals surface area (Å²) in [5.41, 5.74) is 17.7. The van der Waals surface area contributed by atoms with Crippen LogP contribution in [0.15, 0.2) is 253 Å². The van der Waals surface area contributed by atoms with Gasteiger partial charge in [-0.25, -0.2) is 0 Å². The van der Waals surface area contributed by atoms with Gasteiger partial charge in [0.2, 0.25) is 0 Å². The SMILES string of the molecule is c1cc(-c2ccc3oc4ccccc4c3c2)cc(C(c2ccc(-c3ccccc3-c3cccc4ccccc34)cc2)c2ccc(-c3ccccc3-c3cccc4ccccc34)cc2)c1. The lowest BCUT2D eigenvalue weighted by Crippen LogP contribution is -2.04. The van der Waals surface area contributed by atoms with Gasteiger partial charge in [-0.3, -0.25) is 0 Å². The van der Waals surface area contributed by atoms with Crippen LogP contribution in [0.2, 0.25) is 0 Å². The molecular weight excluding hydrogens is 773 g/mol. The summed E-state index contributed by atoms with van der Waals surface area (Å²) >= 11 is 0. The highest BCUT2D eigenvalue weighted by Gasteiger charge is 2.20. The lowest BCUT2D eigenvalue weighted by molar-refractivity contribution is 0.669. The van der Waals surface area contributed by atoms with Crippen molar-refractivity contribution in [3.8, 4) is 55.6 Å². The Morgan fingerprint density at radius 3 is 1.25 bits per heavy atom. The molecule has 12 rings (SSSR count). The molecule has 0 fully saturated rings. The highest BCUT2D eigenvalue weighted by atomic mass is 16.3. The molecule has 0 bridgehead atoms. The van der Waals surface area contributed by atoms with Crippen LogP contribution in [0.1, 0.15) is 22.6 Å². The maximum absolute atomic E-state index is 6.21. The summed E-state index contributed by atoms with van der Waals surface area (Å²) in [7, 11) is 0. The van der Waals surface area contributed by atoms with E-state index in [1.807, 2.05) is 12.1 Å². The minimum absolute atomic E-state index is 0.0110. The van der Waals surface area contributed by atoms with E-state index in [0.717, 1.165) is 21.9 Å². The summed E-state index contributed by atoms with van der Waals surface area (Å²) in [6.45, 7) is 0. The number of hydrogen-bond acceptors (Lipinski definition) is 1. The first kappa shape index (κ1) is 37.5. The van der Waals surface area contributed by atoms with E-state index < -0.39 is 0 Å². The maximum Gasteiger partial charge on any atom is 0.135 e. The third-order valence-electron chi connectivity index (χ3n) is 13.1. The van der Waals surface area contributed by atoms with Gasteiger partial charge in [-0.2, -0.15) is 0 Å². The highest BCUT2D eigenvalue weighted by molar-refractivity contribution is 6.06. The Bertz CT molecular complexity index is 3490.